The fourth-order valence-electron chi connectivity index (χ4n) is 1.70. The van der Waals surface area contributed by atoms with Gasteiger partial charge in [0.15, 0.2) is 5.95 Å². The second kappa shape index (κ2) is 3.79. The minimum absolute atomic E-state index is 0.427. The molecular weight excluding hydrogens is 214 g/mol. The Kier molecular flexibility index (Phi) is 2.15. The number of nitrogens with one attached hydrogen (secondary N) is 1. The van der Waals surface area contributed by atoms with Crippen LogP contribution >= 0.6 is 0 Å². The zero-order valence-corrected chi connectivity index (χ0v) is 9.04. The first-order valence-electron chi connectivity index (χ1n) is 5.24. The number of aromatic amines is 1. The molecule has 0 saturated heterocycles. The van der Waals surface area contributed by atoms with Gasteiger partial charge in [-0.25, -0.2) is 9.67 Å². The van der Waals surface area contributed by atoms with Gasteiger partial charge in [0, 0.05) is 12.4 Å². The van der Waals surface area contributed by atoms with E-state index in [1.165, 1.54) is 0 Å². The van der Waals surface area contributed by atoms with Gasteiger partial charge in [-0.1, -0.05) is 12.1 Å². The maximum absolute atomic E-state index is 5.54. The zero-order chi connectivity index (χ0) is 11.7. The Morgan fingerprint density at radius 1 is 1.18 bits per heavy atom. The van der Waals surface area contributed by atoms with Crippen LogP contribution in [0.1, 0.15) is 0 Å². The molecule has 3 rings (SSSR count). The molecule has 0 unspecified atom stereocenters. The lowest BCUT2D eigenvalue weighted by atomic mass is 10.1. The van der Waals surface area contributed by atoms with Gasteiger partial charge in [0.1, 0.15) is 0 Å². The van der Waals surface area contributed by atoms with Crippen molar-refractivity contribution in [2.24, 2.45) is 0 Å². The van der Waals surface area contributed by atoms with Crippen molar-refractivity contribution in [3.63, 3.8) is 0 Å². The average Bonchev–Trinajstić information content (AvgIpc) is 3.00. The van der Waals surface area contributed by atoms with Gasteiger partial charge in [0.2, 0.25) is 0 Å². The number of benzene rings is 1. The van der Waals surface area contributed by atoms with E-state index in [4.69, 9.17) is 5.73 Å². The van der Waals surface area contributed by atoms with Crippen LogP contribution in [-0.4, -0.2) is 19.7 Å². The molecule has 0 spiro atoms. The minimum atomic E-state index is 0.427. The molecule has 0 saturated carbocycles. The van der Waals surface area contributed by atoms with Gasteiger partial charge >= 0.3 is 0 Å². The maximum atomic E-state index is 5.54. The lowest BCUT2D eigenvalue weighted by Crippen LogP contribution is -1.93. The Bertz CT molecular complexity index is 607. The summed E-state index contributed by atoms with van der Waals surface area (Å²) in [6.45, 7) is 0. The van der Waals surface area contributed by atoms with Crippen LogP contribution in [0.15, 0.2) is 48.9 Å². The van der Waals surface area contributed by atoms with Crippen LogP contribution in [0.5, 0.6) is 0 Å². The molecule has 0 aliphatic carbocycles. The Hall–Kier alpha value is -2.56. The Morgan fingerprint density at radius 2 is 2.00 bits per heavy atom. The van der Waals surface area contributed by atoms with Gasteiger partial charge in [-0.3, -0.25) is 0 Å². The van der Waals surface area contributed by atoms with E-state index in [-0.39, 0.29) is 0 Å². The lowest BCUT2D eigenvalue weighted by molar-refractivity contribution is 0.881. The van der Waals surface area contributed by atoms with Crippen LogP contribution in [0, 0.1) is 0 Å². The van der Waals surface area contributed by atoms with Gasteiger partial charge in [-0.05, 0) is 23.8 Å². The summed E-state index contributed by atoms with van der Waals surface area (Å²) < 4.78 is 1.81. The third kappa shape index (κ3) is 1.78. The van der Waals surface area contributed by atoms with E-state index in [1.807, 2.05) is 41.2 Å². The highest BCUT2D eigenvalue weighted by Crippen LogP contribution is 2.19. The molecule has 0 atom stereocenters. The van der Waals surface area contributed by atoms with E-state index < -0.39 is 0 Å². The van der Waals surface area contributed by atoms with Crippen molar-refractivity contribution in [1.82, 2.24) is 19.7 Å². The van der Waals surface area contributed by atoms with Gasteiger partial charge < -0.3 is 10.7 Å². The second-order valence-corrected chi connectivity index (χ2v) is 3.68. The molecule has 0 fully saturated rings. The van der Waals surface area contributed by atoms with Gasteiger partial charge in [-0.15, -0.1) is 0 Å². The predicted molar refractivity (Wildman–Crippen MR) is 65.6 cm³/mol. The van der Waals surface area contributed by atoms with Crippen molar-refractivity contribution in [1.29, 1.82) is 0 Å². The minimum Gasteiger partial charge on any atom is -0.369 e. The zero-order valence-electron chi connectivity index (χ0n) is 9.04. The smallest absolute Gasteiger partial charge is 0.197 e. The number of rotatable bonds is 2. The molecular formula is C12H11N5. The highest BCUT2D eigenvalue weighted by Gasteiger charge is 2.01. The Morgan fingerprint density at radius 3 is 2.59 bits per heavy atom. The summed E-state index contributed by atoms with van der Waals surface area (Å²) in [7, 11) is 0. The summed E-state index contributed by atoms with van der Waals surface area (Å²) in [5.41, 5.74) is 8.52. The van der Waals surface area contributed by atoms with Crippen LogP contribution < -0.4 is 5.73 Å². The van der Waals surface area contributed by atoms with E-state index in [1.54, 1.807) is 12.4 Å². The summed E-state index contributed by atoms with van der Waals surface area (Å²) in [4.78, 5) is 6.96. The summed E-state index contributed by atoms with van der Waals surface area (Å²) in [6.07, 6.45) is 5.38. The monoisotopic (exact) mass is 225 g/mol. The number of nitrogen functional groups attached to an aromatic ring is 1. The number of H-pyrrole nitrogens is 1. The van der Waals surface area contributed by atoms with Gasteiger partial charge in [-0.2, -0.15) is 5.10 Å². The van der Waals surface area contributed by atoms with E-state index in [2.05, 4.69) is 15.1 Å². The molecule has 3 N–H and O–H groups in total. The molecule has 0 aliphatic heterocycles. The van der Waals surface area contributed by atoms with Gasteiger partial charge in [0.25, 0.3) is 0 Å². The predicted octanol–water partition coefficient (Wildman–Crippen LogP) is 1.84. The molecule has 2 heterocycles. The molecule has 0 aliphatic rings. The molecule has 5 nitrogen and oxygen atoms in total. The van der Waals surface area contributed by atoms with Crippen LogP contribution in [0.3, 0.4) is 0 Å². The standard InChI is InChI=1S/C12H11N5/c13-12-14-8-11(16-12)9-2-4-10(5-3-9)17-7-1-6-15-17/h1-8H,(H3,13,14,16). The number of aromatic nitrogens is 4. The first-order valence-corrected chi connectivity index (χ1v) is 5.24. The summed E-state index contributed by atoms with van der Waals surface area (Å²) in [5.74, 6) is 0.427. The molecule has 0 amide bonds. The molecule has 0 bridgehead atoms. The largest absolute Gasteiger partial charge is 0.369 e. The fourth-order valence-corrected chi connectivity index (χ4v) is 1.70. The Balaban J connectivity index is 1.95. The number of nitrogens with two attached hydrogens (primary N) is 1. The van der Waals surface area contributed by atoms with Crippen molar-refractivity contribution in [3.05, 3.63) is 48.9 Å². The molecule has 1 aromatic carbocycles. The van der Waals surface area contributed by atoms with Crippen LogP contribution in [0.2, 0.25) is 0 Å². The highest BCUT2D eigenvalue weighted by atomic mass is 15.3. The second-order valence-electron chi connectivity index (χ2n) is 3.68. The van der Waals surface area contributed by atoms with Crippen LogP contribution in [0.25, 0.3) is 16.9 Å². The van der Waals surface area contributed by atoms with E-state index in [0.29, 0.717) is 5.95 Å². The number of hydrogen-bond donors (Lipinski definition) is 2. The molecule has 3 aromatic rings. The Labute approximate surface area is 97.9 Å². The normalized spacial score (nSPS) is 10.6. The first kappa shape index (κ1) is 9.65. The van der Waals surface area contributed by atoms with Crippen molar-refractivity contribution in [2.75, 3.05) is 5.73 Å². The van der Waals surface area contributed by atoms with Crippen LogP contribution in [0.4, 0.5) is 5.95 Å². The maximum Gasteiger partial charge on any atom is 0.197 e. The number of anilines is 1. The summed E-state index contributed by atoms with van der Waals surface area (Å²) in [6, 6.07) is 9.90. The highest BCUT2D eigenvalue weighted by molar-refractivity contribution is 5.61. The van der Waals surface area contributed by atoms with Gasteiger partial charge in [0.05, 0.1) is 17.6 Å². The quantitative estimate of drug-likeness (QED) is 0.699. The lowest BCUT2D eigenvalue weighted by Gasteiger charge is -2.02. The molecule has 17 heavy (non-hydrogen) atoms. The van der Waals surface area contributed by atoms with Crippen molar-refractivity contribution < 1.29 is 0 Å². The third-order valence-electron chi connectivity index (χ3n) is 2.54. The molecule has 0 radical (unpaired) electrons. The van der Waals surface area contributed by atoms with E-state index >= 15 is 0 Å². The summed E-state index contributed by atoms with van der Waals surface area (Å²) >= 11 is 0. The number of imidazole rings is 1. The fraction of sp³-hybridized carbons (Fsp3) is 0. The number of nitrogens with zero attached hydrogens (tertiary/aromatic N) is 3. The summed E-state index contributed by atoms with van der Waals surface area (Å²) in [5, 5.41) is 4.17. The SMILES string of the molecule is Nc1ncc(-c2ccc(-n3cccn3)cc2)[nH]1. The topological polar surface area (TPSA) is 72.5 Å². The average molecular weight is 225 g/mol. The van der Waals surface area contributed by atoms with Crippen molar-refractivity contribution >= 4 is 5.95 Å². The van der Waals surface area contributed by atoms with Crippen LogP contribution in [-0.2, 0) is 0 Å². The van der Waals surface area contributed by atoms with E-state index in [0.717, 1.165) is 16.9 Å². The van der Waals surface area contributed by atoms with E-state index in [9.17, 15) is 0 Å². The molecule has 2 aromatic heterocycles. The third-order valence-corrected chi connectivity index (χ3v) is 2.54. The first-order chi connectivity index (χ1) is 8.33. The molecule has 84 valence electrons. The molecule has 5 heteroatoms. The van der Waals surface area contributed by atoms with Crippen molar-refractivity contribution in [2.45, 2.75) is 0 Å². The number of hydrogen-bond acceptors (Lipinski definition) is 3. The van der Waals surface area contributed by atoms with Crippen molar-refractivity contribution in [3.8, 4) is 16.9 Å².